The van der Waals surface area contributed by atoms with Crippen molar-refractivity contribution in [2.45, 2.75) is 25.0 Å². The lowest BCUT2D eigenvalue weighted by molar-refractivity contribution is 0.348. The van der Waals surface area contributed by atoms with E-state index in [-0.39, 0.29) is 0 Å². The zero-order valence-electron chi connectivity index (χ0n) is 15.8. The van der Waals surface area contributed by atoms with E-state index in [4.69, 9.17) is 24.4 Å². The van der Waals surface area contributed by atoms with Gasteiger partial charge in [0.1, 0.15) is 12.1 Å². The second kappa shape index (κ2) is 9.47. The molecule has 29 heavy (non-hydrogen) atoms. The van der Waals surface area contributed by atoms with Gasteiger partial charge in [-0.3, -0.25) is 0 Å². The number of nitrogens with zero attached hydrogens (tertiary/aromatic N) is 3. The summed E-state index contributed by atoms with van der Waals surface area (Å²) in [6, 6.07) is 24.1. The van der Waals surface area contributed by atoms with Crippen LogP contribution in [0.4, 0.5) is 0 Å². The van der Waals surface area contributed by atoms with Crippen LogP contribution in [0.5, 0.6) is 0 Å². The van der Waals surface area contributed by atoms with Gasteiger partial charge in [0.15, 0.2) is 5.11 Å². The van der Waals surface area contributed by atoms with Gasteiger partial charge in [-0.15, -0.1) is 0 Å². The standard InChI is InChI=1S/C22H21N5S2/c23-15-22(16-24)19(20(28)25-13-17-7-3-1-4-8-17)11-12-27(22)21(29)26-14-18-9-5-2-6-10-18/h1-10,19H,11-14H2,(H,25,28)(H,26,29). The largest absolute Gasteiger partial charge is 0.375 e. The highest BCUT2D eigenvalue weighted by Crippen LogP contribution is 2.35. The van der Waals surface area contributed by atoms with Crippen molar-refractivity contribution in [3.8, 4) is 12.1 Å². The number of rotatable bonds is 5. The van der Waals surface area contributed by atoms with Crippen LogP contribution >= 0.6 is 24.4 Å². The first-order chi connectivity index (χ1) is 14.1. The fourth-order valence-electron chi connectivity index (χ4n) is 3.49. The van der Waals surface area contributed by atoms with Gasteiger partial charge in [-0.1, -0.05) is 72.9 Å². The predicted molar refractivity (Wildman–Crippen MR) is 121 cm³/mol. The molecule has 1 saturated heterocycles. The maximum absolute atomic E-state index is 9.94. The molecular formula is C22H21N5S2. The summed E-state index contributed by atoms with van der Waals surface area (Å²) in [5.41, 5.74) is 0.746. The van der Waals surface area contributed by atoms with Gasteiger partial charge in [0.25, 0.3) is 0 Å². The number of hydrogen-bond acceptors (Lipinski definition) is 4. The summed E-state index contributed by atoms with van der Waals surface area (Å²) < 4.78 is 0. The van der Waals surface area contributed by atoms with Crippen molar-refractivity contribution in [2.24, 2.45) is 5.92 Å². The second-order valence-electron chi connectivity index (χ2n) is 6.83. The van der Waals surface area contributed by atoms with Crippen LogP contribution in [0.2, 0.25) is 0 Å². The summed E-state index contributed by atoms with van der Waals surface area (Å²) in [4.78, 5) is 2.19. The van der Waals surface area contributed by atoms with Crippen molar-refractivity contribution in [1.29, 1.82) is 10.5 Å². The van der Waals surface area contributed by atoms with E-state index in [1.807, 2.05) is 60.7 Å². The average Bonchev–Trinajstić information content (AvgIpc) is 3.17. The molecule has 0 aromatic heterocycles. The van der Waals surface area contributed by atoms with Gasteiger partial charge in [0, 0.05) is 19.6 Å². The molecule has 1 aliphatic heterocycles. The molecule has 0 radical (unpaired) electrons. The molecule has 7 heteroatoms. The normalized spacial score (nSPS) is 17.0. The molecule has 1 atom stereocenters. The Morgan fingerprint density at radius 2 is 1.45 bits per heavy atom. The molecule has 2 aromatic rings. The predicted octanol–water partition coefficient (Wildman–Crippen LogP) is 3.29. The third kappa shape index (κ3) is 4.54. The van der Waals surface area contributed by atoms with Gasteiger partial charge in [0.2, 0.25) is 5.54 Å². The number of likely N-dealkylation sites (tertiary alicyclic amines) is 1. The van der Waals surface area contributed by atoms with Crippen molar-refractivity contribution >= 4 is 34.5 Å². The second-order valence-corrected chi connectivity index (χ2v) is 7.66. The van der Waals surface area contributed by atoms with Crippen molar-refractivity contribution in [2.75, 3.05) is 6.54 Å². The molecule has 146 valence electrons. The summed E-state index contributed by atoms with van der Waals surface area (Å²) >= 11 is 11.1. The minimum absolute atomic E-state index is 0.394. The molecular weight excluding hydrogens is 398 g/mol. The third-order valence-corrected chi connectivity index (χ3v) is 5.86. The molecule has 1 heterocycles. The minimum Gasteiger partial charge on any atom is -0.375 e. The van der Waals surface area contributed by atoms with Crippen LogP contribution in [0.15, 0.2) is 60.7 Å². The smallest absolute Gasteiger partial charge is 0.226 e. The number of benzene rings is 2. The molecule has 0 saturated carbocycles. The Labute approximate surface area is 181 Å². The monoisotopic (exact) mass is 419 g/mol. The summed E-state index contributed by atoms with van der Waals surface area (Å²) in [7, 11) is 0. The number of hydrogen-bond donors (Lipinski definition) is 2. The summed E-state index contributed by atoms with van der Waals surface area (Å²) in [6.45, 7) is 1.59. The van der Waals surface area contributed by atoms with E-state index < -0.39 is 11.5 Å². The fraction of sp³-hybridized carbons (Fsp3) is 0.273. The van der Waals surface area contributed by atoms with Crippen molar-refractivity contribution in [3.05, 3.63) is 71.8 Å². The van der Waals surface area contributed by atoms with Gasteiger partial charge in [-0.2, -0.15) is 10.5 Å². The third-order valence-electron chi connectivity index (χ3n) is 5.07. The van der Waals surface area contributed by atoms with Gasteiger partial charge in [0.05, 0.1) is 10.9 Å². The molecule has 5 nitrogen and oxygen atoms in total. The zero-order chi connectivity index (χ0) is 20.7. The van der Waals surface area contributed by atoms with Crippen LogP contribution in [0.1, 0.15) is 17.5 Å². The lowest BCUT2D eigenvalue weighted by atomic mass is 9.87. The van der Waals surface area contributed by atoms with Crippen molar-refractivity contribution in [1.82, 2.24) is 15.5 Å². The van der Waals surface area contributed by atoms with E-state index >= 15 is 0 Å². The fourth-order valence-corrected chi connectivity index (χ4v) is 4.16. The first-order valence-corrected chi connectivity index (χ1v) is 10.2. The highest BCUT2D eigenvalue weighted by atomic mass is 32.1. The molecule has 0 amide bonds. The maximum atomic E-state index is 9.94. The van der Waals surface area contributed by atoms with Gasteiger partial charge < -0.3 is 15.5 Å². The first-order valence-electron chi connectivity index (χ1n) is 9.34. The van der Waals surface area contributed by atoms with Crippen LogP contribution in [0, 0.1) is 28.6 Å². The number of nitriles is 2. The Kier molecular flexibility index (Phi) is 6.77. The summed E-state index contributed by atoms with van der Waals surface area (Å²) in [6.07, 6.45) is 0.592. The Hall–Kier alpha value is -3.00. The summed E-state index contributed by atoms with van der Waals surface area (Å²) in [5.74, 6) is -0.410. The molecule has 1 aliphatic rings. The van der Waals surface area contributed by atoms with E-state index in [9.17, 15) is 10.5 Å². The van der Waals surface area contributed by atoms with Crippen LogP contribution < -0.4 is 10.6 Å². The molecule has 0 spiro atoms. The highest BCUT2D eigenvalue weighted by Gasteiger charge is 2.53. The Morgan fingerprint density at radius 1 is 0.931 bits per heavy atom. The van der Waals surface area contributed by atoms with E-state index in [1.165, 1.54) is 0 Å². The topological polar surface area (TPSA) is 74.9 Å². The first kappa shape index (κ1) is 20.7. The molecule has 1 unspecified atom stereocenters. The number of thiocarbonyl (C=S) groups is 2. The molecule has 0 bridgehead atoms. The minimum atomic E-state index is -1.42. The molecule has 2 N–H and O–H groups in total. The van der Waals surface area contributed by atoms with E-state index in [0.717, 1.165) is 11.1 Å². The van der Waals surface area contributed by atoms with Gasteiger partial charge in [-0.25, -0.2) is 0 Å². The average molecular weight is 420 g/mol. The molecule has 3 rings (SSSR count). The van der Waals surface area contributed by atoms with Gasteiger partial charge >= 0.3 is 0 Å². The van der Waals surface area contributed by atoms with Crippen LogP contribution in [0.3, 0.4) is 0 Å². The zero-order valence-corrected chi connectivity index (χ0v) is 17.5. The van der Waals surface area contributed by atoms with Crippen molar-refractivity contribution in [3.63, 3.8) is 0 Å². The summed E-state index contributed by atoms with van der Waals surface area (Å²) in [5, 5.41) is 26.7. The Bertz CT molecular complexity index is 867. The SMILES string of the molecule is N#CC1(C#N)C(C(=S)NCc2ccccc2)CCN1C(=S)NCc1ccccc1. The quantitative estimate of drug-likeness (QED) is 0.721. The van der Waals surface area contributed by atoms with Crippen LogP contribution in [-0.4, -0.2) is 27.1 Å². The Morgan fingerprint density at radius 3 is 1.97 bits per heavy atom. The molecule has 2 aromatic carbocycles. The number of nitrogens with one attached hydrogen (secondary N) is 2. The lowest BCUT2D eigenvalue weighted by Gasteiger charge is -2.32. The van der Waals surface area contributed by atoms with Crippen molar-refractivity contribution < 1.29 is 0 Å². The van der Waals surface area contributed by atoms with E-state index in [0.29, 0.717) is 36.2 Å². The maximum Gasteiger partial charge on any atom is 0.226 e. The molecule has 1 fully saturated rings. The lowest BCUT2D eigenvalue weighted by Crippen LogP contribution is -2.54. The highest BCUT2D eigenvalue weighted by molar-refractivity contribution is 7.80. The van der Waals surface area contributed by atoms with Crippen LogP contribution in [-0.2, 0) is 13.1 Å². The Balaban J connectivity index is 1.68. The van der Waals surface area contributed by atoms with Crippen LogP contribution in [0.25, 0.3) is 0 Å². The molecule has 0 aliphatic carbocycles. The van der Waals surface area contributed by atoms with Gasteiger partial charge in [-0.05, 0) is 29.8 Å². The van der Waals surface area contributed by atoms with E-state index in [2.05, 4.69) is 22.8 Å². The van der Waals surface area contributed by atoms with E-state index in [1.54, 1.807) is 4.90 Å².